The molecule has 4 aromatic rings. The molecule has 1 aromatic heterocycles. The highest BCUT2D eigenvalue weighted by molar-refractivity contribution is 7.92. The highest BCUT2D eigenvalue weighted by Gasteiger charge is 2.38. The highest BCUT2D eigenvalue weighted by Crippen LogP contribution is 2.48. The quantitative estimate of drug-likeness (QED) is 0.239. The Morgan fingerprint density at radius 1 is 1.10 bits per heavy atom. The largest absolute Gasteiger partial charge is 0.478 e. The molecule has 1 aliphatic rings. The van der Waals surface area contributed by atoms with Gasteiger partial charge in [0.25, 0.3) is 5.92 Å². The van der Waals surface area contributed by atoms with Crippen molar-refractivity contribution < 1.29 is 40.6 Å². The number of aromatic carboxylic acids is 1. The van der Waals surface area contributed by atoms with E-state index in [1.807, 2.05) is 0 Å². The molecule has 3 aromatic carbocycles. The molecule has 0 bridgehead atoms. The summed E-state index contributed by atoms with van der Waals surface area (Å²) in [4.78, 5) is 12.4. The molecule has 0 spiro atoms. The predicted molar refractivity (Wildman–Crippen MR) is 143 cm³/mol. The number of anilines is 1. The first-order valence-corrected chi connectivity index (χ1v) is 14.1. The fourth-order valence-electron chi connectivity index (χ4n) is 4.47. The van der Waals surface area contributed by atoms with Gasteiger partial charge in [-0.25, -0.2) is 26.4 Å². The standard InChI is InChI=1S/C28H25F3N2O6S/c1-40(36,37)33(15-28(30,31)14-32)23-13-24-22(12-21(23)16-2-3-16)25(27(34)35)26(39-24)17-4-8-19(9-5-17)38-20-10-6-18(29)7-11-20/h4-13,16H,2-3,14-15,32H2,1H3,(H,34,35). The van der Waals surface area contributed by atoms with Gasteiger partial charge in [0.2, 0.25) is 10.0 Å². The minimum absolute atomic E-state index is 0.00547. The third kappa shape index (κ3) is 5.63. The van der Waals surface area contributed by atoms with Gasteiger partial charge in [-0.1, -0.05) is 0 Å². The maximum absolute atomic E-state index is 14.3. The van der Waals surface area contributed by atoms with Crippen LogP contribution in [0.1, 0.15) is 34.7 Å². The van der Waals surface area contributed by atoms with Crippen LogP contribution in [0.25, 0.3) is 22.3 Å². The van der Waals surface area contributed by atoms with Crippen LogP contribution >= 0.6 is 0 Å². The zero-order chi connectivity index (χ0) is 28.8. The van der Waals surface area contributed by atoms with Gasteiger partial charge in [-0.3, -0.25) is 4.31 Å². The molecule has 40 heavy (non-hydrogen) atoms. The van der Waals surface area contributed by atoms with Gasteiger partial charge >= 0.3 is 5.97 Å². The molecule has 1 saturated carbocycles. The molecule has 8 nitrogen and oxygen atoms in total. The molecule has 0 unspecified atom stereocenters. The number of sulfonamides is 1. The zero-order valence-electron chi connectivity index (χ0n) is 21.2. The Kier molecular flexibility index (Phi) is 7.01. The summed E-state index contributed by atoms with van der Waals surface area (Å²) in [6.07, 6.45) is 2.23. The lowest BCUT2D eigenvalue weighted by Crippen LogP contribution is -2.44. The van der Waals surface area contributed by atoms with Crippen LogP contribution in [0, 0.1) is 5.82 Å². The molecule has 1 aliphatic carbocycles. The van der Waals surface area contributed by atoms with E-state index < -0.39 is 40.8 Å². The summed E-state index contributed by atoms with van der Waals surface area (Å²) in [7, 11) is -4.16. The van der Waals surface area contributed by atoms with Gasteiger partial charge in [0.1, 0.15) is 34.2 Å². The molecule has 0 radical (unpaired) electrons. The van der Waals surface area contributed by atoms with E-state index in [4.69, 9.17) is 14.9 Å². The summed E-state index contributed by atoms with van der Waals surface area (Å²) in [6, 6.07) is 14.6. The molecule has 1 fully saturated rings. The van der Waals surface area contributed by atoms with Crippen LogP contribution in [-0.2, 0) is 10.0 Å². The number of ether oxygens (including phenoxy) is 1. The highest BCUT2D eigenvalue weighted by atomic mass is 32.2. The van der Waals surface area contributed by atoms with Crippen molar-refractivity contribution in [1.82, 2.24) is 0 Å². The SMILES string of the molecule is CS(=O)(=O)N(CC(F)(F)CN)c1cc2oc(-c3ccc(Oc4ccc(F)cc4)cc3)c(C(=O)O)c2cc1C1CC1. The first-order chi connectivity index (χ1) is 18.9. The van der Waals surface area contributed by atoms with Crippen molar-refractivity contribution in [3.8, 4) is 22.8 Å². The minimum Gasteiger partial charge on any atom is -0.478 e. The van der Waals surface area contributed by atoms with Crippen LogP contribution in [0.2, 0.25) is 0 Å². The van der Waals surface area contributed by atoms with E-state index in [1.54, 1.807) is 24.3 Å². The lowest BCUT2D eigenvalue weighted by molar-refractivity contribution is 0.0220. The Labute approximate surface area is 227 Å². The number of carboxylic acids is 1. The van der Waals surface area contributed by atoms with Crippen molar-refractivity contribution in [1.29, 1.82) is 0 Å². The predicted octanol–water partition coefficient (Wildman–Crippen LogP) is 5.97. The number of alkyl halides is 2. The summed E-state index contributed by atoms with van der Waals surface area (Å²) in [5, 5.41) is 10.3. The lowest BCUT2D eigenvalue weighted by Gasteiger charge is -2.28. The molecule has 3 N–H and O–H groups in total. The molecule has 210 valence electrons. The van der Waals surface area contributed by atoms with E-state index in [2.05, 4.69) is 0 Å². The zero-order valence-corrected chi connectivity index (χ0v) is 22.1. The summed E-state index contributed by atoms with van der Waals surface area (Å²) >= 11 is 0. The Hall–Kier alpha value is -4.03. The van der Waals surface area contributed by atoms with Crippen LogP contribution in [0.15, 0.2) is 65.1 Å². The van der Waals surface area contributed by atoms with Crippen LogP contribution < -0.4 is 14.8 Å². The van der Waals surface area contributed by atoms with Gasteiger partial charge in [0.05, 0.1) is 25.0 Å². The van der Waals surface area contributed by atoms with Crippen LogP contribution in [-0.4, -0.2) is 44.8 Å². The summed E-state index contributed by atoms with van der Waals surface area (Å²) in [5.74, 6) is -4.46. The number of fused-ring (bicyclic) bond motifs is 1. The number of hydrogen-bond donors (Lipinski definition) is 2. The normalized spacial score (nSPS) is 13.9. The molecule has 0 atom stereocenters. The van der Waals surface area contributed by atoms with Gasteiger partial charge in [0.15, 0.2) is 0 Å². The second-order valence-corrected chi connectivity index (χ2v) is 11.6. The Morgan fingerprint density at radius 3 is 2.23 bits per heavy atom. The Balaban J connectivity index is 1.60. The smallest absolute Gasteiger partial charge is 0.340 e. The van der Waals surface area contributed by atoms with Gasteiger partial charge < -0.3 is 20.0 Å². The fraction of sp³-hybridized carbons (Fsp3) is 0.250. The second-order valence-electron chi connectivity index (χ2n) is 9.70. The van der Waals surface area contributed by atoms with Crippen molar-refractivity contribution in [2.24, 2.45) is 5.73 Å². The van der Waals surface area contributed by atoms with Crippen molar-refractivity contribution in [3.63, 3.8) is 0 Å². The van der Waals surface area contributed by atoms with E-state index in [0.717, 1.165) is 6.26 Å². The average molecular weight is 575 g/mol. The van der Waals surface area contributed by atoms with Gasteiger partial charge in [-0.05, 0) is 78.9 Å². The third-order valence-electron chi connectivity index (χ3n) is 6.58. The number of benzene rings is 3. The molecule has 12 heteroatoms. The number of furan rings is 1. The summed E-state index contributed by atoms with van der Waals surface area (Å²) < 4.78 is 79.3. The van der Waals surface area contributed by atoms with Crippen LogP contribution in [0.4, 0.5) is 18.9 Å². The number of nitrogens with zero attached hydrogens (tertiary/aromatic N) is 1. The minimum atomic E-state index is -4.16. The Bertz CT molecular complexity index is 1680. The fourth-order valence-corrected chi connectivity index (χ4v) is 5.41. The van der Waals surface area contributed by atoms with Gasteiger partial charge in [0, 0.05) is 17.0 Å². The van der Waals surface area contributed by atoms with E-state index in [1.165, 1.54) is 36.4 Å². The molecule has 0 saturated heterocycles. The lowest BCUT2D eigenvalue weighted by atomic mass is 10.0. The number of carbonyl (C=O) groups is 1. The number of nitrogens with two attached hydrogens (primary N) is 1. The van der Waals surface area contributed by atoms with E-state index in [9.17, 15) is 31.5 Å². The summed E-state index contributed by atoms with van der Waals surface area (Å²) in [5.41, 5.74) is 5.91. The maximum atomic E-state index is 14.3. The van der Waals surface area contributed by atoms with Crippen molar-refractivity contribution >= 4 is 32.6 Å². The molecule has 1 heterocycles. The van der Waals surface area contributed by atoms with Crippen LogP contribution in [0.3, 0.4) is 0 Å². The molecular formula is C28H25F3N2O6S. The molecule has 0 aliphatic heterocycles. The van der Waals surface area contributed by atoms with Gasteiger partial charge in [-0.15, -0.1) is 0 Å². The third-order valence-corrected chi connectivity index (χ3v) is 7.70. The summed E-state index contributed by atoms with van der Waals surface area (Å²) in [6.45, 7) is -2.21. The monoisotopic (exact) mass is 574 g/mol. The van der Waals surface area contributed by atoms with E-state index in [0.29, 0.717) is 39.8 Å². The van der Waals surface area contributed by atoms with E-state index >= 15 is 0 Å². The second kappa shape index (κ2) is 10.2. The first kappa shape index (κ1) is 27.5. The molecule has 5 rings (SSSR count). The molecule has 0 amide bonds. The van der Waals surface area contributed by atoms with Crippen molar-refractivity contribution in [2.75, 3.05) is 23.7 Å². The number of carboxylic acid groups (broad SMARTS) is 1. The van der Waals surface area contributed by atoms with E-state index in [-0.39, 0.29) is 33.9 Å². The molecular weight excluding hydrogens is 549 g/mol. The van der Waals surface area contributed by atoms with Crippen LogP contribution in [0.5, 0.6) is 11.5 Å². The van der Waals surface area contributed by atoms with Crippen molar-refractivity contribution in [2.45, 2.75) is 24.7 Å². The Morgan fingerprint density at radius 2 is 1.70 bits per heavy atom. The van der Waals surface area contributed by atoms with Crippen molar-refractivity contribution in [3.05, 3.63) is 77.6 Å². The average Bonchev–Trinajstić information content (AvgIpc) is 3.67. The maximum Gasteiger partial charge on any atom is 0.340 e. The number of halogens is 3. The number of rotatable bonds is 10. The first-order valence-electron chi connectivity index (χ1n) is 12.3. The topological polar surface area (TPSA) is 123 Å². The van der Waals surface area contributed by atoms with Gasteiger partial charge in [-0.2, -0.15) is 0 Å². The number of hydrogen-bond acceptors (Lipinski definition) is 6.